The largest absolute Gasteiger partial charge is 0.378 e. The van der Waals surface area contributed by atoms with Gasteiger partial charge in [0.2, 0.25) is 0 Å². The second-order valence-corrected chi connectivity index (χ2v) is 12.8. The lowest BCUT2D eigenvalue weighted by Gasteiger charge is -2.38. The first-order chi connectivity index (χ1) is 16.5. The summed E-state index contributed by atoms with van der Waals surface area (Å²) in [5, 5.41) is 4.16. The first-order valence-electron chi connectivity index (χ1n) is 11.7. The van der Waals surface area contributed by atoms with Gasteiger partial charge in [0.1, 0.15) is 0 Å². The lowest BCUT2D eigenvalue weighted by atomic mass is 9.76. The minimum atomic E-state index is -3.84. The maximum atomic E-state index is 13.2. The molecule has 2 aliphatic rings. The number of sulfonamides is 1. The van der Waals surface area contributed by atoms with Gasteiger partial charge in [0.15, 0.2) is 0 Å². The van der Waals surface area contributed by atoms with E-state index in [1.165, 1.54) is 11.1 Å². The van der Waals surface area contributed by atoms with Gasteiger partial charge in [-0.15, -0.1) is 0 Å². The van der Waals surface area contributed by atoms with Crippen molar-refractivity contribution in [3.8, 4) is 0 Å². The van der Waals surface area contributed by atoms with E-state index in [-0.39, 0.29) is 33.0 Å². The van der Waals surface area contributed by atoms with Crippen molar-refractivity contribution in [2.75, 3.05) is 10.0 Å². The van der Waals surface area contributed by atoms with Gasteiger partial charge in [0, 0.05) is 11.6 Å². The Morgan fingerprint density at radius 2 is 1.74 bits per heavy atom. The molecule has 0 amide bonds. The van der Waals surface area contributed by atoms with Crippen LogP contribution in [0.3, 0.4) is 0 Å². The van der Waals surface area contributed by atoms with Crippen molar-refractivity contribution in [2.24, 2.45) is 5.92 Å². The Labute approximate surface area is 217 Å². The van der Waals surface area contributed by atoms with Gasteiger partial charge in [-0.2, -0.15) is 0 Å². The highest BCUT2D eigenvalue weighted by molar-refractivity contribution is 7.92. The highest BCUT2D eigenvalue weighted by atomic mass is 35.5. The number of nitrogens with one attached hydrogen (secondary N) is 2. The molecule has 0 fully saturated rings. The van der Waals surface area contributed by atoms with Gasteiger partial charge in [-0.05, 0) is 64.8 Å². The van der Waals surface area contributed by atoms with Crippen LogP contribution in [0.1, 0.15) is 55.8 Å². The highest BCUT2D eigenvalue weighted by Crippen LogP contribution is 2.50. The molecular formula is C28H28Cl2N2O2S. The predicted octanol–water partition coefficient (Wildman–Crippen LogP) is 7.92. The minimum Gasteiger partial charge on any atom is -0.378 e. The summed E-state index contributed by atoms with van der Waals surface area (Å²) >= 11 is 12.3. The quantitative estimate of drug-likeness (QED) is 0.339. The third-order valence-corrected chi connectivity index (χ3v) is 9.16. The summed E-state index contributed by atoms with van der Waals surface area (Å²) in [4.78, 5) is 0.195. The average Bonchev–Trinajstić information content (AvgIpc) is 3.31. The Kier molecular flexibility index (Phi) is 6.15. The normalized spacial score (nSPS) is 21.2. The molecule has 0 radical (unpaired) electrons. The highest BCUT2D eigenvalue weighted by Gasteiger charge is 2.38. The summed E-state index contributed by atoms with van der Waals surface area (Å²) in [6, 6.07) is 19.2. The van der Waals surface area contributed by atoms with Crippen molar-refractivity contribution < 1.29 is 8.42 Å². The van der Waals surface area contributed by atoms with Gasteiger partial charge in [-0.25, -0.2) is 8.42 Å². The van der Waals surface area contributed by atoms with Crippen molar-refractivity contribution in [2.45, 2.75) is 49.5 Å². The topological polar surface area (TPSA) is 58.2 Å². The lowest BCUT2D eigenvalue weighted by molar-refractivity contribution is 0.425. The third kappa shape index (κ3) is 4.57. The Balaban J connectivity index is 1.46. The Bertz CT molecular complexity index is 1410. The number of allylic oxidation sites excluding steroid dienone is 2. The van der Waals surface area contributed by atoms with Gasteiger partial charge in [-0.3, -0.25) is 4.72 Å². The Morgan fingerprint density at radius 3 is 2.46 bits per heavy atom. The molecule has 0 saturated heterocycles. The number of anilines is 2. The molecule has 0 unspecified atom stereocenters. The summed E-state index contributed by atoms with van der Waals surface area (Å²) in [5.74, 6) is 0.458. The van der Waals surface area contributed by atoms with Crippen LogP contribution >= 0.6 is 23.2 Å². The monoisotopic (exact) mass is 526 g/mol. The fourth-order valence-electron chi connectivity index (χ4n) is 5.05. The number of halogens is 2. The molecule has 3 atom stereocenters. The van der Waals surface area contributed by atoms with Crippen LogP contribution in [-0.2, 0) is 15.4 Å². The Hall–Kier alpha value is -2.47. The van der Waals surface area contributed by atoms with Crippen LogP contribution in [0.2, 0.25) is 10.0 Å². The molecule has 182 valence electrons. The molecule has 3 aromatic carbocycles. The first kappa shape index (κ1) is 24.2. The van der Waals surface area contributed by atoms with Crippen LogP contribution in [0.25, 0.3) is 0 Å². The van der Waals surface area contributed by atoms with Gasteiger partial charge in [-0.1, -0.05) is 86.5 Å². The summed E-state index contributed by atoms with van der Waals surface area (Å²) in [7, 11) is -3.84. The fourth-order valence-corrected chi connectivity index (χ4v) is 6.56. The number of fused-ring (bicyclic) bond motifs is 3. The SMILES string of the molecule is CC(C)(C)c1ccc([C@H]2Nc3ccc(S(=O)(=O)Nc4cccc(Cl)c4Cl)cc3[C@H]3C=CC[C@H]32)cc1. The van der Waals surface area contributed by atoms with Crippen molar-refractivity contribution in [1.82, 2.24) is 0 Å². The van der Waals surface area contributed by atoms with Crippen LogP contribution in [0.5, 0.6) is 0 Å². The second-order valence-electron chi connectivity index (χ2n) is 10.3. The van der Waals surface area contributed by atoms with Crippen molar-refractivity contribution in [3.63, 3.8) is 0 Å². The molecule has 1 aliphatic carbocycles. The van der Waals surface area contributed by atoms with Crippen molar-refractivity contribution in [1.29, 1.82) is 0 Å². The standard InChI is InChI=1S/C28H28Cl2N2O2S/c1-28(2,3)18-12-10-17(11-13-18)27-21-7-4-6-20(21)22-16-19(14-15-24(22)31-27)35(33,34)32-25-9-5-8-23(29)26(25)30/h4-6,8-16,20-21,27,31-32H,7H2,1-3H3/t20-,21+,27+/m0/s1. The minimum absolute atomic E-state index is 0.105. The molecule has 2 N–H and O–H groups in total. The second kappa shape index (κ2) is 8.88. The van der Waals surface area contributed by atoms with Gasteiger partial charge in [0.05, 0.1) is 26.7 Å². The van der Waals surface area contributed by atoms with Crippen LogP contribution in [-0.4, -0.2) is 8.42 Å². The fraction of sp³-hybridized carbons (Fsp3) is 0.286. The molecule has 0 spiro atoms. The summed E-state index contributed by atoms with van der Waals surface area (Å²) in [5.41, 5.74) is 4.87. The predicted molar refractivity (Wildman–Crippen MR) is 145 cm³/mol. The molecule has 0 aromatic heterocycles. The van der Waals surface area contributed by atoms with E-state index < -0.39 is 10.0 Å². The van der Waals surface area contributed by atoms with Crippen LogP contribution in [0.4, 0.5) is 11.4 Å². The van der Waals surface area contributed by atoms with E-state index in [0.29, 0.717) is 10.9 Å². The molecule has 1 aliphatic heterocycles. The molecule has 4 nitrogen and oxygen atoms in total. The maximum absolute atomic E-state index is 13.2. The molecule has 1 heterocycles. The number of hydrogen-bond donors (Lipinski definition) is 2. The molecule has 35 heavy (non-hydrogen) atoms. The van der Waals surface area contributed by atoms with Gasteiger partial charge >= 0.3 is 0 Å². The van der Waals surface area contributed by atoms with Gasteiger partial charge < -0.3 is 5.32 Å². The molecule has 5 rings (SSSR count). The van der Waals surface area contributed by atoms with E-state index in [1.54, 1.807) is 30.3 Å². The zero-order chi connectivity index (χ0) is 25.0. The van der Waals surface area contributed by atoms with E-state index in [9.17, 15) is 8.42 Å². The van der Waals surface area contributed by atoms with E-state index in [0.717, 1.165) is 17.7 Å². The first-order valence-corrected chi connectivity index (χ1v) is 13.9. The van der Waals surface area contributed by atoms with Crippen LogP contribution in [0, 0.1) is 5.92 Å². The van der Waals surface area contributed by atoms with Crippen LogP contribution in [0.15, 0.2) is 77.7 Å². The summed E-state index contributed by atoms with van der Waals surface area (Å²) < 4.78 is 29.0. The van der Waals surface area contributed by atoms with E-state index in [2.05, 4.69) is 67.2 Å². The Morgan fingerprint density at radius 1 is 1.00 bits per heavy atom. The van der Waals surface area contributed by atoms with Gasteiger partial charge in [0.25, 0.3) is 10.0 Å². The number of rotatable bonds is 4. The zero-order valence-corrected chi connectivity index (χ0v) is 22.2. The molecule has 0 bridgehead atoms. The maximum Gasteiger partial charge on any atom is 0.261 e. The third-order valence-electron chi connectivity index (χ3n) is 6.98. The lowest BCUT2D eigenvalue weighted by Crippen LogP contribution is -2.29. The van der Waals surface area contributed by atoms with E-state index in [4.69, 9.17) is 23.2 Å². The van der Waals surface area contributed by atoms with Crippen molar-refractivity contribution >= 4 is 44.6 Å². The average molecular weight is 528 g/mol. The smallest absolute Gasteiger partial charge is 0.261 e. The molecule has 0 saturated carbocycles. The zero-order valence-electron chi connectivity index (χ0n) is 19.8. The molecule has 3 aromatic rings. The number of hydrogen-bond acceptors (Lipinski definition) is 3. The summed E-state index contributed by atoms with van der Waals surface area (Å²) in [6.07, 6.45) is 5.35. The summed E-state index contributed by atoms with van der Waals surface area (Å²) in [6.45, 7) is 6.65. The number of benzene rings is 3. The molecular weight excluding hydrogens is 499 g/mol. The van der Waals surface area contributed by atoms with E-state index >= 15 is 0 Å². The van der Waals surface area contributed by atoms with Crippen LogP contribution < -0.4 is 10.0 Å². The molecule has 7 heteroatoms. The van der Waals surface area contributed by atoms with E-state index in [1.807, 2.05) is 6.07 Å². The van der Waals surface area contributed by atoms with Crippen molar-refractivity contribution in [3.05, 3.63) is 99.6 Å².